The number of rotatable bonds is 6. The summed E-state index contributed by atoms with van der Waals surface area (Å²) in [6, 6.07) is 18.4. The van der Waals surface area contributed by atoms with Crippen LogP contribution in [-0.4, -0.2) is 17.2 Å². The van der Waals surface area contributed by atoms with Gasteiger partial charge in [-0.2, -0.15) is 0 Å². The first kappa shape index (κ1) is 16.2. The molecule has 0 aliphatic heterocycles. The molecule has 0 spiro atoms. The van der Waals surface area contributed by atoms with Gasteiger partial charge in [-0.3, -0.25) is 0 Å². The molecule has 0 fully saturated rings. The minimum absolute atomic E-state index is 0.180. The zero-order valence-corrected chi connectivity index (χ0v) is 13.0. The molecule has 2 rings (SSSR count). The Kier molecular flexibility index (Phi) is 5.73. The summed E-state index contributed by atoms with van der Waals surface area (Å²) in [6.07, 6.45) is -0.332. The highest BCUT2D eigenvalue weighted by atomic mass is 16.5. The second-order valence-electron chi connectivity index (χ2n) is 5.43. The van der Waals surface area contributed by atoms with Crippen molar-refractivity contribution in [3.05, 3.63) is 71.8 Å². The second-order valence-corrected chi connectivity index (χ2v) is 5.43. The maximum atomic E-state index is 12.2. The average molecular weight is 298 g/mol. The average Bonchev–Trinajstić information content (AvgIpc) is 2.59. The molecule has 3 nitrogen and oxygen atoms in total. The predicted octanol–water partition coefficient (Wildman–Crippen LogP) is 3.99. The summed E-state index contributed by atoms with van der Waals surface area (Å²) in [6.45, 7) is 3.86. The van der Waals surface area contributed by atoms with Crippen molar-refractivity contribution in [2.75, 3.05) is 0 Å². The van der Waals surface area contributed by atoms with Crippen molar-refractivity contribution in [1.82, 2.24) is 0 Å². The number of hydrogen-bond donors (Lipinski definition) is 1. The van der Waals surface area contributed by atoms with E-state index in [1.807, 2.05) is 50.2 Å². The number of aliphatic hydroxyl groups is 1. The fraction of sp³-hybridized carbons (Fsp3) is 0.316. The topological polar surface area (TPSA) is 46.5 Å². The Balaban J connectivity index is 2.06. The molecule has 0 aliphatic rings. The van der Waals surface area contributed by atoms with E-state index < -0.39 is 6.10 Å². The molecule has 116 valence electrons. The van der Waals surface area contributed by atoms with E-state index in [-0.39, 0.29) is 18.0 Å². The van der Waals surface area contributed by atoms with E-state index in [9.17, 15) is 9.90 Å². The van der Waals surface area contributed by atoms with Crippen molar-refractivity contribution in [3.63, 3.8) is 0 Å². The molecule has 0 radical (unpaired) electrons. The third kappa shape index (κ3) is 3.95. The normalized spacial score (nSPS) is 14.9. The third-order valence-corrected chi connectivity index (χ3v) is 3.90. The van der Waals surface area contributed by atoms with Gasteiger partial charge in [0.1, 0.15) is 6.10 Å². The van der Waals surface area contributed by atoms with Crippen molar-refractivity contribution in [2.45, 2.75) is 32.5 Å². The highest BCUT2D eigenvalue weighted by Crippen LogP contribution is 2.27. The zero-order valence-electron chi connectivity index (χ0n) is 13.0. The first-order valence-electron chi connectivity index (χ1n) is 7.62. The fourth-order valence-electron chi connectivity index (χ4n) is 2.50. The third-order valence-electron chi connectivity index (χ3n) is 3.90. The minimum atomic E-state index is -0.658. The lowest BCUT2D eigenvalue weighted by Crippen LogP contribution is -2.29. The molecule has 3 atom stereocenters. The summed E-state index contributed by atoms with van der Waals surface area (Å²) in [7, 11) is 0. The number of carbonyl (C=O) groups excluding carboxylic acids is 1. The van der Waals surface area contributed by atoms with Gasteiger partial charge in [0.25, 0.3) is 0 Å². The Morgan fingerprint density at radius 3 is 2.14 bits per heavy atom. The summed E-state index contributed by atoms with van der Waals surface area (Å²) in [5, 5.41) is 10.5. The molecule has 0 saturated heterocycles. The van der Waals surface area contributed by atoms with Gasteiger partial charge < -0.3 is 9.84 Å². The van der Waals surface area contributed by atoms with Gasteiger partial charge >= 0.3 is 5.97 Å². The molecule has 2 aromatic rings. The van der Waals surface area contributed by atoms with E-state index in [0.717, 1.165) is 5.56 Å². The van der Waals surface area contributed by atoms with Gasteiger partial charge in [-0.25, -0.2) is 4.79 Å². The molecule has 0 aromatic heterocycles. The van der Waals surface area contributed by atoms with Crippen molar-refractivity contribution < 1.29 is 14.6 Å². The molecule has 1 N–H and O–H groups in total. The number of benzene rings is 2. The van der Waals surface area contributed by atoms with E-state index in [0.29, 0.717) is 12.0 Å². The lowest BCUT2D eigenvalue weighted by atomic mass is 9.91. The maximum absolute atomic E-state index is 12.2. The maximum Gasteiger partial charge on any atom is 0.338 e. The molecule has 2 aromatic carbocycles. The molecule has 0 bridgehead atoms. The van der Waals surface area contributed by atoms with Crippen LogP contribution in [-0.2, 0) is 4.74 Å². The summed E-state index contributed by atoms with van der Waals surface area (Å²) in [5.74, 6) is -0.528. The van der Waals surface area contributed by atoms with Crippen LogP contribution in [0.15, 0.2) is 60.7 Å². The van der Waals surface area contributed by atoms with Crippen LogP contribution in [0, 0.1) is 5.92 Å². The molecule has 0 aliphatic carbocycles. The van der Waals surface area contributed by atoms with E-state index >= 15 is 0 Å². The SMILES string of the molecule is CC[C@H](OC(=O)c1ccccc1)[C@@H](C)[C@@H](O)c1ccccc1. The predicted molar refractivity (Wildman–Crippen MR) is 86.5 cm³/mol. The Morgan fingerprint density at radius 1 is 1.05 bits per heavy atom. The molecule has 3 heteroatoms. The number of ether oxygens (including phenoxy) is 1. The van der Waals surface area contributed by atoms with Crippen LogP contribution in [0.4, 0.5) is 0 Å². The summed E-state index contributed by atoms with van der Waals surface area (Å²) in [4.78, 5) is 12.2. The summed E-state index contributed by atoms with van der Waals surface area (Å²) < 4.78 is 5.59. The van der Waals surface area contributed by atoms with Crippen molar-refractivity contribution >= 4 is 5.97 Å². The van der Waals surface area contributed by atoms with Crippen LogP contribution >= 0.6 is 0 Å². The standard InChI is InChI=1S/C19H22O3/c1-3-17(22-19(21)16-12-8-5-9-13-16)14(2)18(20)15-10-6-4-7-11-15/h4-14,17-18,20H,3H2,1-2H3/t14-,17+,18-/m1/s1. The number of hydrogen-bond acceptors (Lipinski definition) is 3. The molecule has 22 heavy (non-hydrogen) atoms. The van der Waals surface area contributed by atoms with Crippen LogP contribution in [0.5, 0.6) is 0 Å². The Morgan fingerprint density at radius 2 is 1.59 bits per heavy atom. The quantitative estimate of drug-likeness (QED) is 0.820. The van der Waals surface area contributed by atoms with Gasteiger partial charge in [0.2, 0.25) is 0 Å². The van der Waals surface area contributed by atoms with Gasteiger partial charge in [-0.15, -0.1) is 0 Å². The fourth-order valence-corrected chi connectivity index (χ4v) is 2.50. The lowest BCUT2D eigenvalue weighted by molar-refractivity contribution is -0.0154. The van der Waals surface area contributed by atoms with Crippen molar-refractivity contribution in [2.24, 2.45) is 5.92 Å². The van der Waals surface area contributed by atoms with Crippen molar-refractivity contribution in [1.29, 1.82) is 0 Å². The van der Waals surface area contributed by atoms with Gasteiger partial charge in [-0.1, -0.05) is 62.4 Å². The van der Waals surface area contributed by atoms with Crippen LogP contribution in [0.2, 0.25) is 0 Å². The molecule has 0 unspecified atom stereocenters. The van der Waals surface area contributed by atoms with Crippen molar-refractivity contribution in [3.8, 4) is 0 Å². The molecule has 0 saturated carbocycles. The van der Waals surface area contributed by atoms with Crippen LogP contribution in [0.25, 0.3) is 0 Å². The number of carbonyl (C=O) groups is 1. The highest BCUT2D eigenvalue weighted by molar-refractivity contribution is 5.89. The summed E-state index contributed by atoms with van der Waals surface area (Å²) >= 11 is 0. The lowest BCUT2D eigenvalue weighted by Gasteiger charge is -2.27. The first-order valence-corrected chi connectivity index (χ1v) is 7.62. The van der Waals surface area contributed by atoms with E-state index in [2.05, 4.69) is 0 Å². The second kappa shape index (κ2) is 7.76. The largest absolute Gasteiger partial charge is 0.458 e. The molecule has 0 heterocycles. The summed E-state index contributed by atoms with van der Waals surface area (Å²) in [5.41, 5.74) is 1.37. The van der Waals surface area contributed by atoms with Crippen LogP contribution in [0.3, 0.4) is 0 Å². The van der Waals surface area contributed by atoms with Gasteiger partial charge in [0.15, 0.2) is 0 Å². The van der Waals surface area contributed by atoms with Crippen LogP contribution in [0.1, 0.15) is 42.3 Å². The van der Waals surface area contributed by atoms with E-state index in [1.54, 1.807) is 24.3 Å². The smallest absolute Gasteiger partial charge is 0.338 e. The number of esters is 1. The highest BCUT2D eigenvalue weighted by Gasteiger charge is 2.27. The van der Waals surface area contributed by atoms with E-state index in [4.69, 9.17) is 4.74 Å². The van der Waals surface area contributed by atoms with Gasteiger partial charge in [0, 0.05) is 5.92 Å². The van der Waals surface area contributed by atoms with E-state index in [1.165, 1.54) is 0 Å². The number of aliphatic hydroxyl groups excluding tert-OH is 1. The molecular weight excluding hydrogens is 276 g/mol. The monoisotopic (exact) mass is 298 g/mol. The Bertz CT molecular complexity index is 580. The molecular formula is C19H22O3. The first-order chi connectivity index (χ1) is 10.6. The Labute approximate surface area is 131 Å². The molecule has 0 amide bonds. The van der Waals surface area contributed by atoms with Crippen LogP contribution < -0.4 is 0 Å². The van der Waals surface area contributed by atoms with Gasteiger partial charge in [0.05, 0.1) is 11.7 Å². The van der Waals surface area contributed by atoms with Gasteiger partial charge in [-0.05, 0) is 24.1 Å². The Hall–Kier alpha value is -2.13. The minimum Gasteiger partial charge on any atom is -0.458 e. The zero-order chi connectivity index (χ0) is 15.9.